The summed E-state index contributed by atoms with van der Waals surface area (Å²) in [5.74, 6) is -3.98. The topological polar surface area (TPSA) is 122 Å². The van der Waals surface area contributed by atoms with Gasteiger partial charge in [0, 0.05) is 17.8 Å². The van der Waals surface area contributed by atoms with Gasteiger partial charge in [-0.25, -0.2) is 9.78 Å². The molecule has 0 aromatic carbocycles. The van der Waals surface area contributed by atoms with Crippen molar-refractivity contribution in [3.05, 3.63) is 29.8 Å². The van der Waals surface area contributed by atoms with Gasteiger partial charge in [0.25, 0.3) is 5.91 Å². The second-order valence-electron chi connectivity index (χ2n) is 3.40. The van der Waals surface area contributed by atoms with E-state index in [2.05, 4.69) is 10.3 Å². The first-order chi connectivity index (χ1) is 8.40. The molecule has 1 atom stereocenters. The van der Waals surface area contributed by atoms with Crippen molar-refractivity contribution in [2.24, 2.45) is 5.73 Å². The summed E-state index contributed by atoms with van der Waals surface area (Å²) >= 11 is 0. The van der Waals surface area contributed by atoms with Gasteiger partial charge in [0.05, 0.1) is 6.42 Å². The van der Waals surface area contributed by atoms with E-state index in [1.807, 2.05) is 0 Å². The van der Waals surface area contributed by atoms with Crippen LogP contribution in [0.15, 0.2) is 18.3 Å². The van der Waals surface area contributed by atoms with Crippen molar-refractivity contribution in [3.63, 3.8) is 0 Å². The Morgan fingerprint density at radius 1 is 1.50 bits per heavy atom. The summed E-state index contributed by atoms with van der Waals surface area (Å²) in [7, 11) is 0. The normalized spacial score (nSPS) is 11.6. The third kappa shape index (κ3) is 3.81. The maximum absolute atomic E-state index is 12.8. The molecule has 1 aromatic heterocycles. The molecular formula is C10H10FN3O4. The molecular weight excluding hydrogens is 245 g/mol. The van der Waals surface area contributed by atoms with Crippen LogP contribution in [0.25, 0.3) is 0 Å². The third-order valence-electron chi connectivity index (χ3n) is 2.00. The van der Waals surface area contributed by atoms with Gasteiger partial charge < -0.3 is 16.2 Å². The zero-order valence-electron chi connectivity index (χ0n) is 9.09. The Balaban J connectivity index is 2.78. The maximum Gasteiger partial charge on any atom is 0.326 e. The van der Waals surface area contributed by atoms with Crippen molar-refractivity contribution in [1.82, 2.24) is 10.3 Å². The molecule has 0 saturated carbocycles. The van der Waals surface area contributed by atoms with Crippen molar-refractivity contribution < 1.29 is 23.9 Å². The van der Waals surface area contributed by atoms with Crippen molar-refractivity contribution in [3.8, 4) is 0 Å². The Hall–Kier alpha value is -2.51. The molecule has 0 saturated heterocycles. The molecule has 0 unspecified atom stereocenters. The molecule has 0 radical (unpaired) electrons. The summed E-state index contributed by atoms with van der Waals surface area (Å²) in [5.41, 5.74) is 4.75. The number of aliphatic carboxylic acids is 1. The van der Waals surface area contributed by atoms with Crippen LogP contribution in [-0.4, -0.2) is 33.9 Å². The van der Waals surface area contributed by atoms with Crippen LogP contribution >= 0.6 is 0 Å². The lowest BCUT2D eigenvalue weighted by molar-refractivity contribution is -0.140. The molecule has 2 amide bonds. The largest absolute Gasteiger partial charge is 0.480 e. The standard InChI is InChI=1S/C10H10FN3O4/c11-7-3-5(1-2-13-7)9(16)14-6(10(17)18)4-8(12)15/h1-3,6H,4H2,(H2,12,15)(H,14,16)(H,17,18)/t6-/m1/s1. The average Bonchev–Trinajstić information content (AvgIpc) is 2.27. The van der Waals surface area contributed by atoms with Gasteiger partial charge in [-0.05, 0) is 6.07 Å². The summed E-state index contributed by atoms with van der Waals surface area (Å²) in [6.45, 7) is 0. The molecule has 8 heteroatoms. The number of nitrogens with two attached hydrogens (primary N) is 1. The molecule has 1 aromatic rings. The molecule has 0 aliphatic rings. The Morgan fingerprint density at radius 3 is 2.67 bits per heavy atom. The average molecular weight is 255 g/mol. The van der Waals surface area contributed by atoms with Crippen molar-refractivity contribution in [2.45, 2.75) is 12.5 Å². The quantitative estimate of drug-likeness (QED) is 0.599. The molecule has 1 rings (SSSR count). The molecule has 1 heterocycles. The lowest BCUT2D eigenvalue weighted by Crippen LogP contribution is -2.43. The Kier molecular flexibility index (Phi) is 4.30. The highest BCUT2D eigenvalue weighted by atomic mass is 19.1. The molecule has 96 valence electrons. The molecule has 0 spiro atoms. The van der Waals surface area contributed by atoms with Crippen LogP contribution in [0.4, 0.5) is 4.39 Å². The van der Waals surface area contributed by atoms with Gasteiger partial charge in [0.2, 0.25) is 11.9 Å². The predicted octanol–water partition coefficient (Wildman–Crippen LogP) is -0.721. The molecule has 7 nitrogen and oxygen atoms in total. The molecule has 18 heavy (non-hydrogen) atoms. The number of aromatic nitrogens is 1. The van der Waals surface area contributed by atoms with Gasteiger partial charge in [-0.2, -0.15) is 4.39 Å². The number of amides is 2. The third-order valence-corrected chi connectivity index (χ3v) is 2.00. The first-order valence-electron chi connectivity index (χ1n) is 4.83. The number of carboxylic acids is 1. The minimum atomic E-state index is -1.45. The lowest BCUT2D eigenvalue weighted by atomic mass is 10.1. The highest BCUT2D eigenvalue weighted by Crippen LogP contribution is 2.02. The van der Waals surface area contributed by atoms with Gasteiger partial charge in [-0.1, -0.05) is 0 Å². The second-order valence-corrected chi connectivity index (χ2v) is 3.40. The zero-order chi connectivity index (χ0) is 13.7. The van der Waals surface area contributed by atoms with Crippen LogP contribution < -0.4 is 11.1 Å². The first kappa shape index (κ1) is 13.6. The van der Waals surface area contributed by atoms with E-state index in [4.69, 9.17) is 10.8 Å². The number of carbonyl (C=O) groups excluding carboxylic acids is 2. The van der Waals surface area contributed by atoms with Crippen LogP contribution in [0, 0.1) is 5.95 Å². The van der Waals surface area contributed by atoms with E-state index in [1.54, 1.807) is 0 Å². The monoisotopic (exact) mass is 255 g/mol. The summed E-state index contributed by atoms with van der Waals surface area (Å²) < 4.78 is 12.8. The fraction of sp³-hybridized carbons (Fsp3) is 0.200. The lowest BCUT2D eigenvalue weighted by Gasteiger charge is -2.12. The summed E-state index contributed by atoms with van der Waals surface area (Å²) in [4.78, 5) is 36.2. The van der Waals surface area contributed by atoms with Crippen molar-refractivity contribution >= 4 is 17.8 Å². The Labute approximate surface area is 101 Å². The van der Waals surface area contributed by atoms with E-state index in [0.29, 0.717) is 0 Å². The van der Waals surface area contributed by atoms with Gasteiger partial charge in [0.1, 0.15) is 6.04 Å². The van der Waals surface area contributed by atoms with Crippen LogP contribution in [-0.2, 0) is 9.59 Å². The number of pyridine rings is 1. The maximum atomic E-state index is 12.8. The number of nitrogens with one attached hydrogen (secondary N) is 1. The molecule has 0 aliphatic heterocycles. The Bertz CT molecular complexity index is 492. The minimum absolute atomic E-state index is 0.0989. The van der Waals surface area contributed by atoms with E-state index < -0.39 is 36.2 Å². The van der Waals surface area contributed by atoms with E-state index in [1.165, 1.54) is 6.07 Å². The minimum Gasteiger partial charge on any atom is -0.480 e. The van der Waals surface area contributed by atoms with E-state index >= 15 is 0 Å². The fourth-order valence-electron chi connectivity index (χ4n) is 1.19. The number of nitrogens with zero attached hydrogens (tertiary/aromatic N) is 1. The number of rotatable bonds is 5. The van der Waals surface area contributed by atoms with Crippen LogP contribution in [0.3, 0.4) is 0 Å². The zero-order valence-corrected chi connectivity index (χ0v) is 9.09. The van der Waals surface area contributed by atoms with Crippen LogP contribution in [0.5, 0.6) is 0 Å². The molecule has 0 aliphatic carbocycles. The number of hydrogen-bond acceptors (Lipinski definition) is 4. The van der Waals surface area contributed by atoms with Crippen LogP contribution in [0.1, 0.15) is 16.8 Å². The van der Waals surface area contributed by atoms with E-state index in [9.17, 15) is 18.8 Å². The number of primary amides is 1. The van der Waals surface area contributed by atoms with Gasteiger partial charge in [-0.3, -0.25) is 9.59 Å². The summed E-state index contributed by atoms with van der Waals surface area (Å²) in [6, 6.07) is 0.603. The van der Waals surface area contributed by atoms with Gasteiger partial charge in [-0.15, -0.1) is 0 Å². The smallest absolute Gasteiger partial charge is 0.326 e. The SMILES string of the molecule is NC(=O)C[C@@H](NC(=O)c1ccnc(F)c1)C(=O)O. The predicted molar refractivity (Wildman–Crippen MR) is 56.9 cm³/mol. The number of carboxylic acid groups (broad SMARTS) is 1. The first-order valence-corrected chi connectivity index (χ1v) is 4.83. The number of halogens is 1. The molecule has 4 N–H and O–H groups in total. The second kappa shape index (κ2) is 5.71. The molecule has 0 fully saturated rings. The highest BCUT2D eigenvalue weighted by molar-refractivity contribution is 5.97. The van der Waals surface area contributed by atoms with Crippen molar-refractivity contribution in [2.75, 3.05) is 0 Å². The van der Waals surface area contributed by atoms with Crippen molar-refractivity contribution in [1.29, 1.82) is 0 Å². The highest BCUT2D eigenvalue weighted by Gasteiger charge is 2.22. The van der Waals surface area contributed by atoms with Gasteiger partial charge >= 0.3 is 5.97 Å². The van der Waals surface area contributed by atoms with E-state index in [-0.39, 0.29) is 5.56 Å². The van der Waals surface area contributed by atoms with E-state index in [0.717, 1.165) is 12.3 Å². The fourth-order valence-corrected chi connectivity index (χ4v) is 1.19. The molecule has 0 bridgehead atoms. The van der Waals surface area contributed by atoms with Gasteiger partial charge in [0.15, 0.2) is 0 Å². The number of carbonyl (C=O) groups is 3. The van der Waals surface area contributed by atoms with Crippen LogP contribution in [0.2, 0.25) is 0 Å². The Morgan fingerprint density at radius 2 is 2.17 bits per heavy atom. The summed E-state index contributed by atoms with van der Waals surface area (Å²) in [6.07, 6.45) is 0.517. The summed E-state index contributed by atoms with van der Waals surface area (Å²) in [5, 5.41) is 10.8. The number of hydrogen-bond donors (Lipinski definition) is 3.